The smallest absolute Gasteiger partial charge is 0.328 e. The normalized spacial score (nSPS) is 15.7. The predicted octanol–water partition coefficient (Wildman–Crippen LogP) is 2.69. The lowest BCUT2D eigenvalue weighted by atomic mass is 10.1. The van der Waals surface area contributed by atoms with Crippen molar-refractivity contribution in [2.75, 3.05) is 18.0 Å². The monoisotopic (exact) mass is 231 g/mol. The highest BCUT2D eigenvalue weighted by Gasteiger charge is 2.13. The number of anilines is 1. The van der Waals surface area contributed by atoms with Crippen LogP contribution < -0.4 is 4.90 Å². The average Bonchev–Trinajstić information content (AvgIpc) is 2.79. The molecule has 0 bridgehead atoms. The summed E-state index contributed by atoms with van der Waals surface area (Å²) in [6.07, 6.45) is 5.33. The molecule has 1 heterocycles. The van der Waals surface area contributed by atoms with Gasteiger partial charge in [-0.3, -0.25) is 0 Å². The van der Waals surface area contributed by atoms with Crippen LogP contribution in [0.3, 0.4) is 0 Å². The maximum absolute atomic E-state index is 10.4. The molecule has 0 radical (unpaired) electrons. The average molecular weight is 231 g/mol. The van der Waals surface area contributed by atoms with Crippen LogP contribution in [0.5, 0.6) is 0 Å². The van der Waals surface area contributed by atoms with Crippen molar-refractivity contribution in [2.24, 2.45) is 0 Å². The fourth-order valence-electron chi connectivity index (χ4n) is 2.26. The second-order valence-electron chi connectivity index (χ2n) is 4.41. The predicted molar refractivity (Wildman–Crippen MR) is 69.3 cm³/mol. The third-order valence-electron chi connectivity index (χ3n) is 3.09. The summed E-state index contributed by atoms with van der Waals surface area (Å²) in [4.78, 5) is 12.8. The number of benzene rings is 1. The van der Waals surface area contributed by atoms with E-state index in [1.165, 1.54) is 30.2 Å². The minimum atomic E-state index is -0.911. The Kier molecular flexibility index (Phi) is 3.47. The van der Waals surface area contributed by atoms with Gasteiger partial charge in [-0.2, -0.15) is 0 Å². The first-order valence-corrected chi connectivity index (χ1v) is 5.93. The molecule has 1 N–H and O–H groups in total. The summed E-state index contributed by atoms with van der Waals surface area (Å²) in [6, 6.07) is 6.09. The van der Waals surface area contributed by atoms with Crippen LogP contribution in [-0.2, 0) is 4.79 Å². The van der Waals surface area contributed by atoms with Crippen LogP contribution in [0.2, 0.25) is 0 Å². The molecular weight excluding hydrogens is 214 g/mol. The maximum Gasteiger partial charge on any atom is 0.328 e. The number of aryl methyl sites for hydroxylation is 1. The van der Waals surface area contributed by atoms with E-state index < -0.39 is 5.97 Å². The van der Waals surface area contributed by atoms with Gasteiger partial charge in [-0.25, -0.2) is 4.79 Å². The Morgan fingerprint density at radius 3 is 2.65 bits per heavy atom. The van der Waals surface area contributed by atoms with Crippen molar-refractivity contribution < 1.29 is 9.90 Å². The van der Waals surface area contributed by atoms with Crippen molar-refractivity contribution >= 4 is 17.7 Å². The van der Waals surface area contributed by atoms with Gasteiger partial charge in [0.2, 0.25) is 0 Å². The van der Waals surface area contributed by atoms with Crippen LogP contribution in [0, 0.1) is 6.92 Å². The zero-order chi connectivity index (χ0) is 12.3. The molecule has 0 spiro atoms. The molecule has 0 aliphatic carbocycles. The Morgan fingerprint density at radius 2 is 2.06 bits per heavy atom. The van der Waals surface area contributed by atoms with E-state index in [1.807, 2.05) is 12.1 Å². The van der Waals surface area contributed by atoms with Gasteiger partial charge in [-0.15, -0.1) is 0 Å². The van der Waals surface area contributed by atoms with Crippen LogP contribution in [0.25, 0.3) is 6.08 Å². The lowest BCUT2D eigenvalue weighted by molar-refractivity contribution is -0.131. The number of nitrogens with zero attached hydrogens (tertiary/aromatic N) is 1. The van der Waals surface area contributed by atoms with Gasteiger partial charge < -0.3 is 10.0 Å². The molecule has 90 valence electrons. The van der Waals surface area contributed by atoms with Crippen LogP contribution in [-0.4, -0.2) is 24.2 Å². The minimum absolute atomic E-state index is 0.911. The third kappa shape index (κ3) is 2.87. The van der Waals surface area contributed by atoms with Crippen LogP contribution in [0.15, 0.2) is 24.3 Å². The van der Waals surface area contributed by atoms with Gasteiger partial charge in [0.05, 0.1) is 0 Å². The Morgan fingerprint density at radius 1 is 1.35 bits per heavy atom. The van der Waals surface area contributed by atoms with Gasteiger partial charge in [0.25, 0.3) is 0 Å². The molecule has 0 atom stereocenters. The first kappa shape index (κ1) is 11.7. The second kappa shape index (κ2) is 5.04. The number of rotatable bonds is 3. The van der Waals surface area contributed by atoms with E-state index in [9.17, 15) is 4.79 Å². The van der Waals surface area contributed by atoms with Gasteiger partial charge in [0, 0.05) is 24.9 Å². The van der Waals surface area contributed by atoms with Gasteiger partial charge in [0.1, 0.15) is 0 Å². The molecule has 1 aromatic rings. The molecule has 1 aliphatic rings. The summed E-state index contributed by atoms with van der Waals surface area (Å²) in [7, 11) is 0. The molecular formula is C14H17NO2. The Balaban J connectivity index is 2.19. The molecule has 2 rings (SSSR count). The Hall–Kier alpha value is -1.77. The van der Waals surface area contributed by atoms with E-state index in [4.69, 9.17) is 5.11 Å². The van der Waals surface area contributed by atoms with Crippen LogP contribution >= 0.6 is 0 Å². The zero-order valence-electron chi connectivity index (χ0n) is 10.0. The highest BCUT2D eigenvalue weighted by Crippen LogP contribution is 2.25. The van der Waals surface area contributed by atoms with E-state index in [0.717, 1.165) is 18.7 Å². The van der Waals surface area contributed by atoms with Gasteiger partial charge in [0.15, 0.2) is 0 Å². The molecule has 3 heteroatoms. The summed E-state index contributed by atoms with van der Waals surface area (Å²) >= 11 is 0. The van der Waals surface area contributed by atoms with Crippen molar-refractivity contribution in [3.63, 3.8) is 0 Å². The Bertz CT molecular complexity index is 446. The number of hydrogen-bond donors (Lipinski definition) is 1. The summed E-state index contributed by atoms with van der Waals surface area (Å²) in [6.45, 7) is 4.34. The Labute approximate surface area is 101 Å². The number of aliphatic carboxylic acids is 1. The van der Waals surface area contributed by atoms with E-state index in [0.29, 0.717) is 0 Å². The van der Waals surface area contributed by atoms with E-state index in [1.54, 1.807) is 6.08 Å². The summed E-state index contributed by atoms with van der Waals surface area (Å²) < 4.78 is 0. The first-order valence-electron chi connectivity index (χ1n) is 5.93. The molecule has 3 nitrogen and oxygen atoms in total. The molecule has 0 aromatic heterocycles. The summed E-state index contributed by atoms with van der Waals surface area (Å²) in [5.74, 6) is -0.911. The lowest BCUT2D eigenvalue weighted by Crippen LogP contribution is -2.18. The number of hydrogen-bond acceptors (Lipinski definition) is 2. The molecule has 17 heavy (non-hydrogen) atoms. The standard InChI is InChI=1S/C14H17NO2/c1-11-10-12(5-7-14(16)17)4-6-13(11)15-8-2-3-9-15/h4-7,10H,2-3,8-9H2,1H3,(H,16,17). The molecule has 1 aromatic carbocycles. The largest absolute Gasteiger partial charge is 0.478 e. The molecule has 0 amide bonds. The van der Waals surface area contributed by atoms with Crippen molar-refractivity contribution in [1.82, 2.24) is 0 Å². The van der Waals surface area contributed by atoms with E-state index in [2.05, 4.69) is 17.9 Å². The quantitative estimate of drug-likeness (QED) is 0.813. The van der Waals surface area contributed by atoms with Crippen molar-refractivity contribution in [3.05, 3.63) is 35.4 Å². The minimum Gasteiger partial charge on any atom is -0.478 e. The topological polar surface area (TPSA) is 40.5 Å². The third-order valence-corrected chi connectivity index (χ3v) is 3.09. The molecule has 1 aliphatic heterocycles. The van der Waals surface area contributed by atoms with E-state index >= 15 is 0 Å². The first-order chi connectivity index (χ1) is 8.16. The number of carboxylic acid groups (broad SMARTS) is 1. The van der Waals surface area contributed by atoms with Gasteiger partial charge in [-0.05, 0) is 49.1 Å². The lowest BCUT2D eigenvalue weighted by Gasteiger charge is -2.20. The van der Waals surface area contributed by atoms with Crippen molar-refractivity contribution in [2.45, 2.75) is 19.8 Å². The molecule has 0 unspecified atom stereocenters. The molecule has 1 saturated heterocycles. The zero-order valence-corrected chi connectivity index (χ0v) is 10.0. The summed E-state index contributed by atoms with van der Waals surface area (Å²) in [5.41, 5.74) is 3.42. The fraction of sp³-hybridized carbons (Fsp3) is 0.357. The highest BCUT2D eigenvalue weighted by atomic mass is 16.4. The number of carbonyl (C=O) groups is 1. The summed E-state index contributed by atoms with van der Waals surface area (Å²) in [5, 5.41) is 8.58. The molecule has 1 fully saturated rings. The van der Waals surface area contributed by atoms with Crippen LogP contribution in [0.1, 0.15) is 24.0 Å². The fourth-order valence-corrected chi connectivity index (χ4v) is 2.26. The molecule has 0 saturated carbocycles. The van der Waals surface area contributed by atoms with Crippen molar-refractivity contribution in [3.8, 4) is 0 Å². The van der Waals surface area contributed by atoms with Gasteiger partial charge in [-0.1, -0.05) is 6.07 Å². The maximum atomic E-state index is 10.4. The van der Waals surface area contributed by atoms with Crippen molar-refractivity contribution in [1.29, 1.82) is 0 Å². The SMILES string of the molecule is Cc1cc(C=CC(=O)O)ccc1N1CCCC1. The highest BCUT2D eigenvalue weighted by molar-refractivity contribution is 5.85. The van der Waals surface area contributed by atoms with E-state index in [-0.39, 0.29) is 0 Å². The van der Waals surface area contributed by atoms with Crippen LogP contribution in [0.4, 0.5) is 5.69 Å². The number of carboxylic acids is 1. The van der Waals surface area contributed by atoms with Gasteiger partial charge >= 0.3 is 5.97 Å². The second-order valence-corrected chi connectivity index (χ2v) is 4.41.